The Hall–Kier alpha value is -1.05. The zero-order valence-electron chi connectivity index (χ0n) is 9.69. The van der Waals surface area contributed by atoms with Gasteiger partial charge in [-0.1, -0.05) is 0 Å². The number of H-pyrrole nitrogens is 1. The molecule has 0 spiro atoms. The van der Waals surface area contributed by atoms with Gasteiger partial charge in [-0.05, 0) is 34.2 Å². The SMILES string of the molecule is Fc1cc2[nH]c(=S)n(CCc3nccs3)c2cc1Br. The van der Waals surface area contributed by atoms with E-state index in [0.717, 1.165) is 23.5 Å². The Bertz CT molecular complexity index is 776. The van der Waals surface area contributed by atoms with Crippen molar-refractivity contribution in [2.24, 2.45) is 0 Å². The van der Waals surface area contributed by atoms with Crippen LogP contribution in [0.1, 0.15) is 5.01 Å². The Kier molecular flexibility index (Phi) is 3.51. The predicted molar refractivity (Wildman–Crippen MR) is 80.6 cm³/mol. The Balaban J connectivity index is 2.00. The highest BCUT2D eigenvalue weighted by Crippen LogP contribution is 2.23. The van der Waals surface area contributed by atoms with E-state index in [1.807, 2.05) is 9.95 Å². The van der Waals surface area contributed by atoms with Gasteiger partial charge < -0.3 is 9.55 Å². The lowest BCUT2D eigenvalue weighted by Gasteiger charge is -2.03. The highest BCUT2D eigenvalue weighted by Gasteiger charge is 2.09. The smallest absolute Gasteiger partial charge is 0.178 e. The van der Waals surface area contributed by atoms with Crippen LogP contribution in [-0.4, -0.2) is 14.5 Å². The average Bonchev–Trinajstić information content (AvgIpc) is 2.96. The average molecular weight is 358 g/mol. The molecule has 1 N–H and O–H groups in total. The number of aromatic amines is 1. The first kappa shape index (κ1) is 13.0. The van der Waals surface area contributed by atoms with Gasteiger partial charge in [0.1, 0.15) is 5.82 Å². The number of thiazole rings is 1. The third-order valence-corrected chi connectivity index (χ3v) is 4.62. The molecule has 0 saturated heterocycles. The number of nitrogens with one attached hydrogen (secondary N) is 1. The van der Waals surface area contributed by atoms with Gasteiger partial charge in [-0.15, -0.1) is 11.3 Å². The second kappa shape index (κ2) is 5.15. The molecule has 0 aliphatic rings. The van der Waals surface area contributed by atoms with Crippen LogP contribution in [-0.2, 0) is 13.0 Å². The number of aromatic nitrogens is 3. The minimum atomic E-state index is -0.296. The largest absolute Gasteiger partial charge is 0.330 e. The zero-order valence-corrected chi connectivity index (χ0v) is 12.9. The molecule has 0 unspecified atom stereocenters. The van der Waals surface area contributed by atoms with Gasteiger partial charge in [0, 0.05) is 30.6 Å². The molecule has 3 aromatic rings. The lowest BCUT2D eigenvalue weighted by molar-refractivity contribution is 0.622. The summed E-state index contributed by atoms with van der Waals surface area (Å²) in [4.78, 5) is 7.27. The van der Waals surface area contributed by atoms with E-state index in [4.69, 9.17) is 12.2 Å². The monoisotopic (exact) mass is 357 g/mol. The number of rotatable bonds is 3. The fourth-order valence-corrected chi connectivity index (χ4v) is 3.20. The fraction of sp³-hybridized carbons (Fsp3) is 0.167. The van der Waals surface area contributed by atoms with E-state index in [2.05, 4.69) is 25.9 Å². The molecule has 0 aliphatic carbocycles. The summed E-state index contributed by atoms with van der Waals surface area (Å²) in [5.41, 5.74) is 1.61. The molecule has 7 heteroatoms. The molecule has 2 aromatic heterocycles. The molecule has 19 heavy (non-hydrogen) atoms. The standard InChI is InChI=1S/C12H9BrFN3S2/c13-7-5-10-9(6-8(7)14)16-12(18)17(10)3-1-11-15-2-4-19-11/h2,4-6H,1,3H2,(H,16,18). The van der Waals surface area contributed by atoms with Crippen LogP contribution in [0.25, 0.3) is 11.0 Å². The molecule has 3 nitrogen and oxygen atoms in total. The van der Waals surface area contributed by atoms with Gasteiger partial charge >= 0.3 is 0 Å². The summed E-state index contributed by atoms with van der Waals surface area (Å²) in [5.74, 6) is -0.296. The molecule has 0 aliphatic heterocycles. The van der Waals surface area contributed by atoms with Crippen LogP contribution in [0.15, 0.2) is 28.2 Å². The van der Waals surface area contributed by atoms with Crippen molar-refractivity contribution in [2.45, 2.75) is 13.0 Å². The Morgan fingerprint density at radius 1 is 1.47 bits per heavy atom. The van der Waals surface area contributed by atoms with Gasteiger partial charge in [-0.25, -0.2) is 9.37 Å². The van der Waals surface area contributed by atoms with E-state index >= 15 is 0 Å². The van der Waals surface area contributed by atoms with Gasteiger partial charge in [0.25, 0.3) is 0 Å². The van der Waals surface area contributed by atoms with E-state index in [9.17, 15) is 4.39 Å². The topological polar surface area (TPSA) is 33.6 Å². The molecule has 0 radical (unpaired) electrons. The minimum Gasteiger partial charge on any atom is -0.330 e. The number of hydrogen-bond donors (Lipinski definition) is 1. The molecule has 0 amide bonds. The van der Waals surface area contributed by atoms with Gasteiger partial charge in [0.05, 0.1) is 20.5 Å². The summed E-state index contributed by atoms with van der Waals surface area (Å²) < 4.78 is 16.5. The van der Waals surface area contributed by atoms with Crippen LogP contribution in [0.3, 0.4) is 0 Å². The van der Waals surface area contributed by atoms with Crippen molar-refractivity contribution < 1.29 is 4.39 Å². The summed E-state index contributed by atoms with van der Waals surface area (Å²) in [7, 11) is 0. The van der Waals surface area contributed by atoms with Gasteiger partial charge in [-0.2, -0.15) is 0 Å². The molecule has 0 bridgehead atoms. The highest BCUT2D eigenvalue weighted by molar-refractivity contribution is 9.10. The van der Waals surface area contributed by atoms with Crippen molar-refractivity contribution >= 4 is 50.5 Å². The maximum atomic E-state index is 13.5. The number of aryl methyl sites for hydroxylation is 2. The number of nitrogens with zero attached hydrogens (tertiary/aromatic N) is 2. The molecule has 2 heterocycles. The van der Waals surface area contributed by atoms with Gasteiger partial charge in [0.15, 0.2) is 4.77 Å². The molecule has 1 aromatic carbocycles. The Morgan fingerprint density at radius 3 is 3.05 bits per heavy atom. The molecular formula is C12H9BrFN3S2. The summed E-state index contributed by atoms with van der Waals surface area (Å²) in [5, 5.41) is 3.02. The Labute approximate surface area is 126 Å². The third kappa shape index (κ3) is 2.50. The van der Waals surface area contributed by atoms with Crippen molar-refractivity contribution in [2.75, 3.05) is 0 Å². The summed E-state index contributed by atoms with van der Waals surface area (Å²) in [6, 6.07) is 3.20. The lowest BCUT2D eigenvalue weighted by atomic mass is 10.3. The summed E-state index contributed by atoms with van der Waals surface area (Å²) >= 11 is 10.1. The van der Waals surface area contributed by atoms with E-state index in [1.54, 1.807) is 23.6 Å². The number of fused-ring (bicyclic) bond motifs is 1. The molecule has 98 valence electrons. The third-order valence-electron chi connectivity index (χ3n) is 2.85. The molecule has 3 rings (SSSR count). The Morgan fingerprint density at radius 2 is 2.32 bits per heavy atom. The highest BCUT2D eigenvalue weighted by atomic mass is 79.9. The van der Waals surface area contributed by atoms with Crippen LogP contribution in [0.4, 0.5) is 4.39 Å². The minimum absolute atomic E-state index is 0.296. The number of benzene rings is 1. The summed E-state index contributed by atoms with van der Waals surface area (Å²) in [6.07, 6.45) is 2.61. The molecular weight excluding hydrogens is 349 g/mol. The number of hydrogen-bond acceptors (Lipinski definition) is 3. The summed E-state index contributed by atoms with van der Waals surface area (Å²) in [6.45, 7) is 0.727. The second-order valence-electron chi connectivity index (χ2n) is 4.04. The van der Waals surface area contributed by atoms with Crippen molar-refractivity contribution in [3.63, 3.8) is 0 Å². The lowest BCUT2D eigenvalue weighted by Crippen LogP contribution is -2.01. The number of halogens is 2. The van der Waals surface area contributed by atoms with E-state index < -0.39 is 0 Å². The van der Waals surface area contributed by atoms with Gasteiger partial charge in [0.2, 0.25) is 0 Å². The first-order chi connectivity index (χ1) is 9.15. The maximum absolute atomic E-state index is 13.5. The van der Waals surface area contributed by atoms with Crippen molar-refractivity contribution in [1.82, 2.24) is 14.5 Å². The second-order valence-corrected chi connectivity index (χ2v) is 6.26. The fourth-order valence-electron chi connectivity index (χ4n) is 1.96. The maximum Gasteiger partial charge on any atom is 0.178 e. The first-order valence-corrected chi connectivity index (χ1v) is 7.69. The molecule has 0 fully saturated rings. The van der Waals surface area contributed by atoms with E-state index in [0.29, 0.717) is 14.8 Å². The number of imidazole rings is 1. The van der Waals surface area contributed by atoms with E-state index in [-0.39, 0.29) is 5.82 Å². The van der Waals surface area contributed by atoms with E-state index in [1.165, 1.54) is 6.07 Å². The van der Waals surface area contributed by atoms with Crippen molar-refractivity contribution in [1.29, 1.82) is 0 Å². The van der Waals surface area contributed by atoms with Crippen LogP contribution < -0.4 is 0 Å². The van der Waals surface area contributed by atoms with Crippen LogP contribution in [0.5, 0.6) is 0 Å². The molecule has 0 saturated carbocycles. The quantitative estimate of drug-likeness (QED) is 0.709. The first-order valence-electron chi connectivity index (χ1n) is 5.61. The van der Waals surface area contributed by atoms with Crippen LogP contribution >= 0.6 is 39.5 Å². The van der Waals surface area contributed by atoms with Crippen LogP contribution in [0, 0.1) is 10.6 Å². The molecule has 0 atom stereocenters. The van der Waals surface area contributed by atoms with Crippen molar-refractivity contribution in [3.8, 4) is 0 Å². The van der Waals surface area contributed by atoms with Gasteiger partial charge in [-0.3, -0.25) is 0 Å². The predicted octanol–water partition coefficient (Wildman–Crippen LogP) is 4.30. The normalized spacial score (nSPS) is 11.3. The van der Waals surface area contributed by atoms with Crippen LogP contribution in [0.2, 0.25) is 0 Å². The van der Waals surface area contributed by atoms with Crippen molar-refractivity contribution in [3.05, 3.63) is 43.8 Å². The zero-order chi connectivity index (χ0) is 13.4.